The van der Waals surface area contributed by atoms with Gasteiger partial charge < -0.3 is 9.47 Å². The highest BCUT2D eigenvalue weighted by Gasteiger charge is 2.16. The Morgan fingerprint density at radius 3 is 3.00 bits per heavy atom. The molecule has 6 heteroatoms. The summed E-state index contributed by atoms with van der Waals surface area (Å²) in [5, 5.41) is 3.33. The zero-order chi connectivity index (χ0) is 9.68. The second kappa shape index (κ2) is 4.49. The number of carbonyl (C=O) groups excluding carboxylic acids is 1. The standard InChI is InChI=1S/C7H9N3O3/c1-5(11)13-6-2-3-7(9-10-8)12-4-6/h2-3,6-7H,4H2,1H3/t6-,7-/m0/s1. The molecule has 0 amide bonds. The van der Waals surface area contributed by atoms with E-state index in [4.69, 9.17) is 15.0 Å². The van der Waals surface area contributed by atoms with Gasteiger partial charge in [-0.15, -0.1) is 0 Å². The second-order valence-corrected chi connectivity index (χ2v) is 2.46. The van der Waals surface area contributed by atoms with E-state index in [0.717, 1.165) is 0 Å². The van der Waals surface area contributed by atoms with Crippen LogP contribution < -0.4 is 0 Å². The van der Waals surface area contributed by atoms with E-state index in [1.807, 2.05) is 0 Å². The zero-order valence-corrected chi connectivity index (χ0v) is 7.08. The van der Waals surface area contributed by atoms with E-state index in [-0.39, 0.29) is 18.7 Å². The smallest absolute Gasteiger partial charge is 0.303 e. The molecule has 0 spiro atoms. The van der Waals surface area contributed by atoms with Gasteiger partial charge >= 0.3 is 5.97 Å². The van der Waals surface area contributed by atoms with Gasteiger partial charge in [-0.2, -0.15) is 0 Å². The van der Waals surface area contributed by atoms with Crippen molar-refractivity contribution in [3.05, 3.63) is 22.6 Å². The van der Waals surface area contributed by atoms with E-state index < -0.39 is 6.23 Å². The minimum atomic E-state index is -0.586. The Morgan fingerprint density at radius 2 is 2.54 bits per heavy atom. The van der Waals surface area contributed by atoms with Crippen molar-refractivity contribution >= 4 is 5.97 Å². The van der Waals surface area contributed by atoms with Gasteiger partial charge in [0, 0.05) is 11.8 Å². The van der Waals surface area contributed by atoms with Crippen molar-refractivity contribution in [2.24, 2.45) is 5.11 Å². The lowest BCUT2D eigenvalue weighted by Crippen LogP contribution is -2.26. The fourth-order valence-electron chi connectivity index (χ4n) is 0.933. The molecule has 6 nitrogen and oxygen atoms in total. The fraction of sp³-hybridized carbons (Fsp3) is 0.571. The van der Waals surface area contributed by atoms with Gasteiger partial charge in [-0.3, -0.25) is 4.79 Å². The van der Waals surface area contributed by atoms with Crippen LogP contribution in [0.1, 0.15) is 6.92 Å². The van der Waals surface area contributed by atoms with Gasteiger partial charge in [0.2, 0.25) is 0 Å². The van der Waals surface area contributed by atoms with E-state index in [9.17, 15) is 4.79 Å². The van der Waals surface area contributed by atoms with Crippen LogP contribution in [0.25, 0.3) is 10.4 Å². The van der Waals surface area contributed by atoms with Crippen LogP contribution in [0.5, 0.6) is 0 Å². The summed E-state index contributed by atoms with van der Waals surface area (Å²) in [6, 6.07) is 0. The minimum Gasteiger partial charge on any atom is -0.456 e. The van der Waals surface area contributed by atoms with Crippen LogP contribution in [0.4, 0.5) is 0 Å². The van der Waals surface area contributed by atoms with Gasteiger partial charge in [0.1, 0.15) is 6.10 Å². The summed E-state index contributed by atoms with van der Waals surface area (Å²) < 4.78 is 9.88. The molecule has 0 aliphatic carbocycles. The quantitative estimate of drug-likeness (QED) is 0.211. The summed E-state index contributed by atoms with van der Waals surface area (Å²) in [6.07, 6.45) is 2.24. The van der Waals surface area contributed by atoms with Gasteiger partial charge in [0.05, 0.1) is 6.61 Å². The summed E-state index contributed by atoms with van der Waals surface area (Å²) in [5.41, 5.74) is 8.09. The topological polar surface area (TPSA) is 84.3 Å². The first-order valence-electron chi connectivity index (χ1n) is 3.73. The molecule has 70 valence electrons. The first-order chi connectivity index (χ1) is 6.22. The highest BCUT2D eigenvalue weighted by molar-refractivity contribution is 5.66. The van der Waals surface area contributed by atoms with Gasteiger partial charge in [0.15, 0.2) is 6.23 Å². The Labute approximate surface area is 74.8 Å². The van der Waals surface area contributed by atoms with Crippen molar-refractivity contribution in [1.82, 2.24) is 0 Å². The molecule has 0 aromatic rings. The lowest BCUT2D eigenvalue weighted by molar-refractivity contribution is -0.147. The Hall–Kier alpha value is -1.52. The highest BCUT2D eigenvalue weighted by atomic mass is 16.6. The van der Waals surface area contributed by atoms with Gasteiger partial charge in [0.25, 0.3) is 0 Å². The molecular formula is C7H9N3O3. The monoisotopic (exact) mass is 183 g/mol. The molecule has 0 aromatic carbocycles. The Bertz CT molecular complexity index is 270. The van der Waals surface area contributed by atoms with Crippen molar-refractivity contribution in [1.29, 1.82) is 0 Å². The number of nitrogens with zero attached hydrogens (tertiary/aromatic N) is 3. The van der Waals surface area contributed by atoms with Crippen molar-refractivity contribution < 1.29 is 14.3 Å². The van der Waals surface area contributed by atoms with Crippen LogP contribution in [0.2, 0.25) is 0 Å². The van der Waals surface area contributed by atoms with Gasteiger partial charge in [-0.05, 0) is 11.6 Å². The largest absolute Gasteiger partial charge is 0.456 e. The maximum absolute atomic E-state index is 10.5. The van der Waals surface area contributed by atoms with E-state index in [0.29, 0.717) is 0 Å². The van der Waals surface area contributed by atoms with Crippen LogP contribution in [0, 0.1) is 0 Å². The number of rotatable bonds is 2. The third-order valence-corrected chi connectivity index (χ3v) is 1.40. The molecule has 1 aliphatic rings. The molecule has 13 heavy (non-hydrogen) atoms. The number of ether oxygens (including phenoxy) is 2. The van der Waals surface area contributed by atoms with Crippen LogP contribution in [-0.2, 0) is 14.3 Å². The van der Waals surface area contributed by atoms with Gasteiger partial charge in [-0.25, -0.2) is 0 Å². The first-order valence-corrected chi connectivity index (χ1v) is 3.73. The normalized spacial score (nSPS) is 26.2. The maximum Gasteiger partial charge on any atom is 0.303 e. The van der Waals surface area contributed by atoms with Crippen LogP contribution in [0.15, 0.2) is 17.3 Å². The van der Waals surface area contributed by atoms with Crippen molar-refractivity contribution in [2.75, 3.05) is 6.61 Å². The van der Waals surface area contributed by atoms with Crippen molar-refractivity contribution in [2.45, 2.75) is 19.3 Å². The Kier molecular flexibility index (Phi) is 3.31. The third kappa shape index (κ3) is 3.14. The van der Waals surface area contributed by atoms with Crippen LogP contribution in [0.3, 0.4) is 0 Å². The summed E-state index contributed by atoms with van der Waals surface area (Å²) in [6.45, 7) is 1.55. The average molecular weight is 183 g/mol. The number of carbonyl (C=O) groups is 1. The first kappa shape index (κ1) is 9.57. The van der Waals surface area contributed by atoms with Crippen LogP contribution >= 0.6 is 0 Å². The molecule has 0 saturated heterocycles. The molecule has 1 rings (SSSR count). The fourth-order valence-corrected chi connectivity index (χ4v) is 0.933. The number of azide groups is 1. The molecular weight excluding hydrogens is 174 g/mol. The number of hydrogen-bond donors (Lipinski definition) is 0. The number of esters is 1. The summed E-state index contributed by atoms with van der Waals surface area (Å²) in [4.78, 5) is 13.1. The summed E-state index contributed by atoms with van der Waals surface area (Å²) >= 11 is 0. The molecule has 2 atom stereocenters. The SMILES string of the molecule is CC(=O)O[C@H]1C=C[C@@H](N=[N+]=[N-])OC1. The molecule has 0 aromatic heterocycles. The molecule has 0 N–H and O–H groups in total. The lowest BCUT2D eigenvalue weighted by Gasteiger charge is -2.20. The predicted octanol–water partition coefficient (Wildman–Crippen LogP) is 1.14. The molecule has 0 radical (unpaired) electrons. The van der Waals surface area contributed by atoms with Crippen molar-refractivity contribution in [3.8, 4) is 0 Å². The molecule has 0 unspecified atom stereocenters. The van der Waals surface area contributed by atoms with E-state index in [1.165, 1.54) is 6.92 Å². The second-order valence-electron chi connectivity index (χ2n) is 2.46. The average Bonchev–Trinajstić information content (AvgIpc) is 2.08. The zero-order valence-electron chi connectivity index (χ0n) is 7.08. The Morgan fingerprint density at radius 1 is 1.77 bits per heavy atom. The Balaban J connectivity index is 2.46. The molecule has 1 aliphatic heterocycles. The highest BCUT2D eigenvalue weighted by Crippen LogP contribution is 2.09. The lowest BCUT2D eigenvalue weighted by atomic mass is 10.3. The van der Waals surface area contributed by atoms with Crippen molar-refractivity contribution in [3.63, 3.8) is 0 Å². The minimum absolute atomic E-state index is 0.222. The molecule has 0 bridgehead atoms. The van der Waals surface area contributed by atoms with E-state index in [1.54, 1.807) is 12.2 Å². The van der Waals surface area contributed by atoms with E-state index in [2.05, 4.69) is 10.0 Å². The maximum atomic E-state index is 10.5. The van der Waals surface area contributed by atoms with E-state index >= 15 is 0 Å². The number of hydrogen-bond acceptors (Lipinski definition) is 4. The summed E-state index contributed by atoms with van der Waals surface area (Å²) in [7, 11) is 0. The van der Waals surface area contributed by atoms with Gasteiger partial charge in [-0.1, -0.05) is 11.2 Å². The molecule has 0 saturated carbocycles. The molecule has 0 fully saturated rings. The molecule has 1 heterocycles. The predicted molar refractivity (Wildman–Crippen MR) is 43.6 cm³/mol. The summed E-state index contributed by atoms with van der Waals surface area (Å²) in [5.74, 6) is -0.361. The third-order valence-electron chi connectivity index (χ3n) is 1.40. The van der Waals surface area contributed by atoms with Crippen LogP contribution in [-0.4, -0.2) is 24.9 Å².